The molecule has 0 aliphatic rings. The van der Waals surface area contributed by atoms with Crippen molar-refractivity contribution < 1.29 is 5.11 Å². The molecule has 3 nitrogen and oxygen atoms in total. The van der Waals surface area contributed by atoms with E-state index in [4.69, 9.17) is 0 Å². The summed E-state index contributed by atoms with van der Waals surface area (Å²) in [6, 6.07) is 6.00. The molecule has 0 aromatic carbocycles. The van der Waals surface area contributed by atoms with Gasteiger partial charge in [0.15, 0.2) is 0 Å². The molecule has 0 aliphatic heterocycles. The maximum Gasteiger partial charge on any atom is 0.0543 e. The van der Waals surface area contributed by atoms with Crippen LogP contribution in [0.1, 0.15) is 32.9 Å². The monoisotopic (exact) mass is 236 g/mol. The molecule has 0 aliphatic carbocycles. The standard InChI is InChI=1S/C14H24N2O/c1-4-14(3,12-17)11-16(5-2)10-13-8-6-7-9-15-13/h6-9,17H,4-5,10-12H2,1-3H3. The van der Waals surface area contributed by atoms with Crippen LogP contribution >= 0.6 is 0 Å². The lowest BCUT2D eigenvalue weighted by Crippen LogP contribution is -2.37. The van der Waals surface area contributed by atoms with E-state index in [2.05, 4.69) is 30.7 Å². The van der Waals surface area contributed by atoms with Gasteiger partial charge in [0.25, 0.3) is 0 Å². The molecule has 1 heterocycles. The van der Waals surface area contributed by atoms with Gasteiger partial charge in [-0.25, -0.2) is 0 Å². The van der Waals surface area contributed by atoms with Crippen molar-refractivity contribution in [3.63, 3.8) is 0 Å². The molecule has 96 valence electrons. The molecular formula is C14H24N2O. The first-order chi connectivity index (χ1) is 8.13. The number of hydrogen-bond donors (Lipinski definition) is 1. The fraction of sp³-hybridized carbons (Fsp3) is 0.643. The van der Waals surface area contributed by atoms with Crippen molar-refractivity contribution in [1.82, 2.24) is 9.88 Å². The molecule has 1 atom stereocenters. The van der Waals surface area contributed by atoms with Crippen LogP contribution in [0.2, 0.25) is 0 Å². The Bertz CT molecular complexity index is 309. The largest absolute Gasteiger partial charge is 0.396 e. The molecule has 1 unspecified atom stereocenters. The van der Waals surface area contributed by atoms with Crippen LogP contribution in [0, 0.1) is 5.41 Å². The van der Waals surface area contributed by atoms with Gasteiger partial charge in [0.05, 0.1) is 5.69 Å². The van der Waals surface area contributed by atoms with Gasteiger partial charge in [0.2, 0.25) is 0 Å². The van der Waals surface area contributed by atoms with Gasteiger partial charge in [0, 0.05) is 31.3 Å². The van der Waals surface area contributed by atoms with Crippen LogP contribution in [0.4, 0.5) is 0 Å². The predicted molar refractivity (Wildman–Crippen MR) is 70.7 cm³/mol. The minimum atomic E-state index is -0.00914. The van der Waals surface area contributed by atoms with Crippen LogP contribution < -0.4 is 0 Å². The van der Waals surface area contributed by atoms with Crippen LogP contribution in [-0.4, -0.2) is 34.7 Å². The van der Waals surface area contributed by atoms with E-state index in [1.807, 2.05) is 24.4 Å². The van der Waals surface area contributed by atoms with Crippen molar-refractivity contribution in [2.45, 2.75) is 33.7 Å². The number of pyridine rings is 1. The Balaban J connectivity index is 2.60. The SMILES string of the molecule is CCN(Cc1ccccn1)CC(C)(CC)CO. The van der Waals surface area contributed by atoms with E-state index in [1.165, 1.54) is 0 Å². The fourth-order valence-corrected chi connectivity index (χ4v) is 1.81. The van der Waals surface area contributed by atoms with Crippen molar-refractivity contribution in [3.8, 4) is 0 Å². The minimum absolute atomic E-state index is 0.00914. The summed E-state index contributed by atoms with van der Waals surface area (Å²) >= 11 is 0. The number of aliphatic hydroxyl groups is 1. The molecule has 1 aromatic heterocycles. The third-order valence-corrected chi connectivity index (χ3v) is 3.40. The highest BCUT2D eigenvalue weighted by Gasteiger charge is 2.23. The van der Waals surface area contributed by atoms with Gasteiger partial charge >= 0.3 is 0 Å². The summed E-state index contributed by atoms with van der Waals surface area (Å²) in [4.78, 5) is 6.68. The molecule has 0 bridgehead atoms. The zero-order valence-corrected chi connectivity index (χ0v) is 11.2. The quantitative estimate of drug-likeness (QED) is 0.789. The Hall–Kier alpha value is -0.930. The van der Waals surface area contributed by atoms with E-state index in [0.717, 1.165) is 31.7 Å². The molecule has 3 heteroatoms. The zero-order valence-electron chi connectivity index (χ0n) is 11.2. The summed E-state index contributed by atoms with van der Waals surface area (Å²) in [6.45, 7) is 9.39. The average Bonchev–Trinajstić information content (AvgIpc) is 2.39. The van der Waals surface area contributed by atoms with E-state index in [-0.39, 0.29) is 12.0 Å². The smallest absolute Gasteiger partial charge is 0.0543 e. The van der Waals surface area contributed by atoms with Gasteiger partial charge in [-0.1, -0.05) is 26.8 Å². The lowest BCUT2D eigenvalue weighted by molar-refractivity contribution is 0.0831. The van der Waals surface area contributed by atoms with Crippen molar-refractivity contribution in [2.24, 2.45) is 5.41 Å². The third kappa shape index (κ3) is 4.44. The van der Waals surface area contributed by atoms with Crippen LogP contribution in [0.5, 0.6) is 0 Å². The summed E-state index contributed by atoms with van der Waals surface area (Å²) in [5, 5.41) is 9.45. The summed E-state index contributed by atoms with van der Waals surface area (Å²) in [5.41, 5.74) is 1.08. The molecule has 1 aromatic rings. The molecule has 0 spiro atoms. The van der Waals surface area contributed by atoms with E-state index < -0.39 is 0 Å². The Labute approximate surface area is 104 Å². The first-order valence-corrected chi connectivity index (χ1v) is 6.36. The van der Waals surface area contributed by atoms with E-state index in [0.29, 0.717) is 0 Å². The van der Waals surface area contributed by atoms with Crippen molar-refractivity contribution in [2.75, 3.05) is 19.7 Å². The number of rotatable bonds is 7. The van der Waals surface area contributed by atoms with Gasteiger partial charge in [0.1, 0.15) is 0 Å². The first-order valence-electron chi connectivity index (χ1n) is 6.36. The molecule has 1 rings (SSSR count). The van der Waals surface area contributed by atoms with Crippen LogP contribution in [0.15, 0.2) is 24.4 Å². The fourth-order valence-electron chi connectivity index (χ4n) is 1.81. The summed E-state index contributed by atoms with van der Waals surface area (Å²) in [5.74, 6) is 0. The lowest BCUT2D eigenvalue weighted by Gasteiger charge is -2.32. The summed E-state index contributed by atoms with van der Waals surface area (Å²) in [6.07, 6.45) is 2.82. The number of nitrogens with zero attached hydrogens (tertiary/aromatic N) is 2. The second kappa shape index (κ2) is 6.72. The molecular weight excluding hydrogens is 212 g/mol. The van der Waals surface area contributed by atoms with E-state index >= 15 is 0 Å². The first kappa shape index (κ1) is 14.1. The maximum atomic E-state index is 9.45. The molecule has 17 heavy (non-hydrogen) atoms. The van der Waals surface area contributed by atoms with Gasteiger partial charge in [-0.15, -0.1) is 0 Å². The second-order valence-corrected chi connectivity index (χ2v) is 4.95. The summed E-state index contributed by atoms with van der Waals surface area (Å²) < 4.78 is 0. The molecule has 0 radical (unpaired) electrons. The van der Waals surface area contributed by atoms with Crippen LogP contribution in [0.25, 0.3) is 0 Å². The van der Waals surface area contributed by atoms with Gasteiger partial charge < -0.3 is 5.11 Å². The van der Waals surface area contributed by atoms with Crippen LogP contribution in [-0.2, 0) is 6.54 Å². The predicted octanol–water partition coefficient (Wildman–Crippen LogP) is 2.31. The second-order valence-electron chi connectivity index (χ2n) is 4.95. The Morgan fingerprint density at radius 3 is 2.59 bits per heavy atom. The average molecular weight is 236 g/mol. The highest BCUT2D eigenvalue weighted by atomic mass is 16.3. The van der Waals surface area contributed by atoms with Gasteiger partial charge in [-0.05, 0) is 25.1 Å². The van der Waals surface area contributed by atoms with E-state index in [9.17, 15) is 5.11 Å². The Morgan fingerprint density at radius 2 is 2.12 bits per heavy atom. The molecule has 0 saturated carbocycles. The van der Waals surface area contributed by atoms with Crippen molar-refractivity contribution in [3.05, 3.63) is 30.1 Å². The zero-order chi connectivity index (χ0) is 12.7. The lowest BCUT2D eigenvalue weighted by atomic mass is 9.88. The number of aliphatic hydroxyl groups excluding tert-OH is 1. The van der Waals surface area contributed by atoms with Crippen molar-refractivity contribution in [1.29, 1.82) is 0 Å². The molecule has 0 amide bonds. The molecule has 0 fully saturated rings. The Morgan fingerprint density at radius 1 is 1.35 bits per heavy atom. The molecule has 0 saturated heterocycles. The van der Waals surface area contributed by atoms with Gasteiger partial charge in [-0.3, -0.25) is 9.88 Å². The van der Waals surface area contributed by atoms with Crippen molar-refractivity contribution >= 4 is 0 Å². The van der Waals surface area contributed by atoms with Gasteiger partial charge in [-0.2, -0.15) is 0 Å². The summed E-state index contributed by atoms with van der Waals surface area (Å²) in [7, 11) is 0. The minimum Gasteiger partial charge on any atom is -0.396 e. The highest BCUT2D eigenvalue weighted by molar-refractivity contribution is 5.03. The van der Waals surface area contributed by atoms with Crippen LogP contribution in [0.3, 0.4) is 0 Å². The van der Waals surface area contributed by atoms with E-state index in [1.54, 1.807) is 0 Å². The Kier molecular flexibility index (Phi) is 5.59. The number of aromatic nitrogens is 1. The number of hydrogen-bond acceptors (Lipinski definition) is 3. The third-order valence-electron chi connectivity index (χ3n) is 3.40. The molecule has 1 N–H and O–H groups in total. The topological polar surface area (TPSA) is 36.4 Å². The highest BCUT2D eigenvalue weighted by Crippen LogP contribution is 2.22. The normalized spacial score (nSPS) is 14.9. The maximum absolute atomic E-state index is 9.45.